The molecule has 0 aliphatic heterocycles. The largest absolute Gasteiger partial charge is 0.495 e. The standard InChI is InChI=1S/C17H26N2O/c1-12(2)9-15(10-13(3)4)19-17-14(11-18)7-6-8-16(17)20-5/h6-8,12-13,15,19H,9-10H2,1-5H3. The van der Waals surface area contributed by atoms with Gasteiger partial charge in [-0.05, 0) is 36.8 Å². The minimum absolute atomic E-state index is 0.360. The first-order chi connectivity index (χ1) is 9.47. The van der Waals surface area contributed by atoms with Gasteiger partial charge in [-0.25, -0.2) is 0 Å². The van der Waals surface area contributed by atoms with Gasteiger partial charge in [0.05, 0.1) is 18.4 Å². The lowest BCUT2D eigenvalue weighted by Crippen LogP contribution is -2.24. The van der Waals surface area contributed by atoms with Gasteiger partial charge in [0.1, 0.15) is 11.8 Å². The molecule has 1 rings (SSSR count). The van der Waals surface area contributed by atoms with E-state index in [4.69, 9.17) is 4.74 Å². The van der Waals surface area contributed by atoms with Gasteiger partial charge in [0, 0.05) is 6.04 Å². The Hall–Kier alpha value is -1.69. The summed E-state index contributed by atoms with van der Waals surface area (Å²) in [5.74, 6) is 1.97. The van der Waals surface area contributed by atoms with E-state index in [2.05, 4.69) is 39.1 Å². The number of methoxy groups -OCH3 is 1. The summed E-state index contributed by atoms with van der Waals surface area (Å²) in [6.07, 6.45) is 2.17. The summed E-state index contributed by atoms with van der Waals surface area (Å²) in [6.45, 7) is 8.90. The van der Waals surface area contributed by atoms with Crippen LogP contribution in [0.3, 0.4) is 0 Å². The van der Waals surface area contributed by atoms with E-state index in [9.17, 15) is 5.26 Å². The third-order valence-corrected chi connectivity index (χ3v) is 3.23. The van der Waals surface area contributed by atoms with Gasteiger partial charge in [0.15, 0.2) is 0 Å². The van der Waals surface area contributed by atoms with Gasteiger partial charge in [-0.2, -0.15) is 5.26 Å². The molecule has 1 aromatic carbocycles. The summed E-state index contributed by atoms with van der Waals surface area (Å²) >= 11 is 0. The molecule has 0 atom stereocenters. The van der Waals surface area contributed by atoms with Gasteiger partial charge in [0.25, 0.3) is 0 Å². The lowest BCUT2D eigenvalue weighted by Gasteiger charge is -2.25. The van der Waals surface area contributed by atoms with E-state index in [1.54, 1.807) is 7.11 Å². The topological polar surface area (TPSA) is 45.0 Å². The molecule has 3 nitrogen and oxygen atoms in total. The lowest BCUT2D eigenvalue weighted by atomic mass is 9.95. The number of para-hydroxylation sites is 1. The van der Waals surface area contributed by atoms with Crippen LogP contribution in [-0.4, -0.2) is 13.2 Å². The molecular formula is C17H26N2O. The average molecular weight is 274 g/mol. The fourth-order valence-corrected chi connectivity index (χ4v) is 2.50. The van der Waals surface area contributed by atoms with Crippen LogP contribution in [0.2, 0.25) is 0 Å². The van der Waals surface area contributed by atoms with E-state index in [-0.39, 0.29) is 0 Å². The smallest absolute Gasteiger partial charge is 0.143 e. The van der Waals surface area contributed by atoms with Crippen LogP contribution in [0.4, 0.5) is 5.69 Å². The molecule has 0 fully saturated rings. The second-order valence-corrected chi connectivity index (χ2v) is 6.09. The van der Waals surface area contributed by atoms with Crippen molar-refractivity contribution in [1.82, 2.24) is 0 Å². The number of nitriles is 1. The van der Waals surface area contributed by atoms with Crippen LogP contribution in [0.1, 0.15) is 46.1 Å². The number of nitrogens with zero attached hydrogens (tertiary/aromatic N) is 1. The van der Waals surface area contributed by atoms with Gasteiger partial charge >= 0.3 is 0 Å². The molecule has 0 bridgehead atoms. The van der Waals surface area contributed by atoms with Crippen molar-refractivity contribution in [1.29, 1.82) is 5.26 Å². The summed E-state index contributed by atoms with van der Waals surface area (Å²) in [5.41, 5.74) is 1.46. The Kier molecular flexibility index (Phi) is 6.38. The quantitative estimate of drug-likeness (QED) is 0.799. The van der Waals surface area contributed by atoms with E-state index >= 15 is 0 Å². The fraction of sp³-hybridized carbons (Fsp3) is 0.588. The number of hydrogen-bond donors (Lipinski definition) is 1. The van der Waals surface area contributed by atoms with Crippen molar-refractivity contribution in [3.8, 4) is 11.8 Å². The molecule has 110 valence electrons. The van der Waals surface area contributed by atoms with Crippen molar-refractivity contribution in [2.24, 2.45) is 11.8 Å². The number of hydrogen-bond acceptors (Lipinski definition) is 3. The van der Waals surface area contributed by atoms with Crippen LogP contribution < -0.4 is 10.1 Å². The molecule has 0 heterocycles. The second-order valence-electron chi connectivity index (χ2n) is 6.09. The van der Waals surface area contributed by atoms with E-state index < -0.39 is 0 Å². The Morgan fingerprint density at radius 1 is 1.15 bits per heavy atom. The normalized spacial score (nSPS) is 10.9. The Morgan fingerprint density at radius 3 is 2.20 bits per heavy atom. The number of rotatable bonds is 7. The summed E-state index contributed by atoms with van der Waals surface area (Å²) in [6, 6.07) is 8.17. The van der Waals surface area contributed by atoms with Crippen molar-refractivity contribution in [3.63, 3.8) is 0 Å². The van der Waals surface area contributed by atoms with Crippen molar-refractivity contribution in [2.45, 2.75) is 46.6 Å². The first-order valence-electron chi connectivity index (χ1n) is 7.31. The summed E-state index contributed by atoms with van der Waals surface area (Å²) < 4.78 is 5.39. The van der Waals surface area contributed by atoms with Crippen molar-refractivity contribution in [2.75, 3.05) is 12.4 Å². The zero-order valence-corrected chi connectivity index (χ0v) is 13.2. The fourth-order valence-electron chi connectivity index (χ4n) is 2.50. The highest BCUT2D eigenvalue weighted by molar-refractivity contribution is 5.66. The highest BCUT2D eigenvalue weighted by Gasteiger charge is 2.17. The van der Waals surface area contributed by atoms with Gasteiger partial charge in [-0.3, -0.25) is 0 Å². The van der Waals surface area contributed by atoms with Crippen molar-refractivity contribution in [3.05, 3.63) is 23.8 Å². The average Bonchev–Trinajstić information content (AvgIpc) is 2.37. The Bertz CT molecular complexity index is 451. The number of benzene rings is 1. The predicted octanol–water partition coefficient (Wildman–Crippen LogP) is 4.44. The molecule has 0 aliphatic carbocycles. The van der Waals surface area contributed by atoms with Crippen LogP contribution in [0.25, 0.3) is 0 Å². The van der Waals surface area contributed by atoms with E-state index in [1.807, 2.05) is 18.2 Å². The van der Waals surface area contributed by atoms with Crippen LogP contribution in [0.15, 0.2) is 18.2 Å². The van der Waals surface area contributed by atoms with Crippen LogP contribution in [0.5, 0.6) is 5.75 Å². The number of nitrogens with one attached hydrogen (secondary N) is 1. The molecule has 20 heavy (non-hydrogen) atoms. The molecule has 3 heteroatoms. The molecule has 0 amide bonds. The third kappa shape index (κ3) is 4.77. The summed E-state index contributed by atoms with van der Waals surface area (Å²) in [7, 11) is 1.64. The van der Waals surface area contributed by atoms with E-state index in [1.165, 1.54) is 0 Å². The highest BCUT2D eigenvalue weighted by atomic mass is 16.5. The molecular weight excluding hydrogens is 248 g/mol. The molecule has 0 aromatic heterocycles. The van der Waals surface area contributed by atoms with Crippen LogP contribution in [0, 0.1) is 23.2 Å². The zero-order valence-electron chi connectivity index (χ0n) is 13.2. The maximum atomic E-state index is 9.27. The van der Waals surface area contributed by atoms with Crippen LogP contribution >= 0.6 is 0 Å². The maximum absolute atomic E-state index is 9.27. The zero-order chi connectivity index (χ0) is 15.1. The van der Waals surface area contributed by atoms with E-state index in [0.29, 0.717) is 23.4 Å². The lowest BCUT2D eigenvalue weighted by molar-refractivity contribution is 0.411. The Labute approximate surface area is 123 Å². The Balaban J connectivity index is 3.00. The predicted molar refractivity (Wildman–Crippen MR) is 84.0 cm³/mol. The minimum atomic E-state index is 0.360. The number of anilines is 1. The molecule has 0 aliphatic rings. The van der Waals surface area contributed by atoms with Crippen LogP contribution in [-0.2, 0) is 0 Å². The first kappa shape index (κ1) is 16.4. The summed E-state index contributed by atoms with van der Waals surface area (Å²) in [4.78, 5) is 0. The van der Waals surface area contributed by atoms with Gasteiger partial charge < -0.3 is 10.1 Å². The summed E-state index contributed by atoms with van der Waals surface area (Å²) in [5, 5.41) is 12.8. The number of ether oxygens (including phenoxy) is 1. The molecule has 0 unspecified atom stereocenters. The highest BCUT2D eigenvalue weighted by Crippen LogP contribution is 2.30. The molecule has 1 N–H and O–H groups in total. The SMILES string of the molecule is COc1cccc(C#N)c1NC(CC(C)C)CC(C)C. The van der Waals surface area contributed by atoms with Crippen molar-refractivity contribution < 1.29 is 4.74 Å². The molecule has 1 aromatic rings. The third-order valence-electron chi connectivity index (χ3n) is 3.23. The molecule has 0 saturated carbocycles. The monoisotopic (exact) mass is 274 g/mol. The maximum Gasteiger partial charge on any atom is 0.143 e. The first-order valence-corrected chi connectivity index (χ1v) is 7.31. The van der Waals surface area contributed by atoms with Gasteiger partial charge in [0.2, 0.25) is 0 Å². The van der Waals surface area contributed by atoms with Crippen molar-refractivity contribution >= 4 is 5.69 Å². The molecule has 0 radical (unpaired) electrons. The Morgan fingerprint density at radius 2 is 1.75 bits per heavy atom. The minimum Gasteiger partial charge on any atom is -0.495 e. The van der Waals surface area contributed by atoms with Gasteiger partial charge in [-0.1, -0.05) is 33.8 Å². The molecule has 0 saturated heterocycles. The molecule has 0 spiro atoms. The van der Waals surface area contributed by atoms with Gasteiger partial charge in [-0.15, -0.1) is 0 Å². The van der Waals surface area contributed by atoms with E-state index in [0.717, 1.165) is 24.3 Å². The second kappa shape index (κ2) is 7.79.